The molecule has 0 bridgehead atoms. The van der Waals surface area contributed by atoms with E-state index in [2.05, 4.69) is 14.7 Å². The van der Waals surface area contributed by atoms with Crippen molar-refractivity contribution in [1.29, 1.82) is 0 Å². The smallest absolute Gasteiger partial charge is 0.307 e. The number of aromatic nitrogens is 3. The van der Waals surface area contributed by atoms with Gasteiger partial charge in [-0.25, -0.2) is 30.8 Å². The van der Waals surface area contributed by atoms with Gasteiger partial charge in [-0.3, -0.25) is 9.78 Å². The molecule has 1 N–H and O–H groups in total. The number of aryl methyl sites for hydroxylation is 1. The maximum absolute atomic E-state index is 12.4. The average Bonchev–Trinajstić information content (AvgIpc) is 3.14. The lowest BCUT2D eigenvalue weighted by Gasteiger charge is -2.11. The fraction of sp³-hybridized carbons (Fsp3) is 0.350. The number of nitrogens with zero attached hydrogens (tertiary/aromatic N) is 4. The molecule has 0 amide bonds. The van der Waals surface area contributed by atoms with Crippen LogP contribution in [0.15, 0.2) is 52.5 Å². The number of benzene rings is 1. The Kier molecular flexibility index (Phi) is 7.47. The molecular weight excluding hydrogens is 470 g/mol. The second-order valence-corrected chi connectivity index (χ2v) is 11.1. The highest BCUT2D eigenvalue weighted by molar-refractivity contribution is 7.89. The normalized spacial score (nSPS) is 12.4. The van der Waals surface area contributed by atoms with E-state index in [0.717, 1.165) is 4.31 Å². The Balaban J connectivity index is 1.65. The first kappa shape index (κ1) is 24.8. The summed E-state index contributed by atoms with van der Waals surface area (Å²) in [4.78, 5) is 20.4. The minimum atomic E-state index is -3.76. The van der Waals surface area contributed by atoms with Crippen LogP contribution in [0.1, 0.15) is 19.2 Å². The van der Waals surface area contributed by atoms with Gasteiger partial charge in [-0.2, -0.15) is 0 Å². The Labute approximate surface area is 192 Å². The molecule has 1 aromatic carbocycles. The van der Waals surface area contributed by atoms with Crippen molar-refractivity contribution >= 4 is 37.0 Å². The maximum Gasteiger partial charge on any atom is 0.307 e. The van der Waals surface area contributed by atoms with Gasteiger partial charge in [-0.05, 0) is 37.3 Å². The molecule has 0 fully saturated rings. The molecule has 3 aromatic rings. The second kappa shape index (κ2) is 9.95. The molecule has 0 aliphatic heterocycles. The number of hydrogen-bond acceptors (Lipinski definition) is 8. The monoisotopic (exact) mass is 495 g/mol. The van der Waals surface area contributed by atoms with E-state index in [1.54, 1.807) is 6.07 Å². The number of ether oxygens (including phenoxy) is 1. The van der Waals surface area contributed by atoms with Gasteiger partial charge in [0.15, 0.2) is 0 Å². The van der Waals surface area contributed by atoms with Crippen molar-refractivity contribution in [3.63, 3.8) is 0 Å². The van der Waals surface area contributed by atoms with E-state index >= 15 is 0 Å². The van der Waals surface area contributed by atoms with Gasteiger partial charge in [0.05, 0.1) is 22.3 Å². The van der Waals surface area contributed by atoms with Crippen LogP contribution in [-0.2, 0) is 42.7 Å². The third-order valence-electron chi connectivity index (χ3n) is 4.82. The summed E-state index contributed by atoms with van der Waals surface area (Å²) in [5.41, 5.74) is 1.18. The number of sulfonamides is 2. The minimum absolute atomic E-state index is 0.00526. The first-order valence-corrected chi connectivity index (χ1v) is 13.0. The van der Waals surface area contributed by atoms with Crippen molar-refractivity contribution in [2.75, 3.05) is 20.6 Å². The van der Waals surface area contributed by atoms with Crippen LogP contribution in [0.25, 0.3) is 11.0 Å². The average molecular weight is 496 g/mol. The van der Waals surface area contributed by atoms with E-state index in [4.69, 9.17) is 4.74 Å². The van der Waals surface area contributed by atoms with Crippen LogP contribution in [0, 0.1) is 0 Å². The quantitative estimate of drug-likeness (QED) is 0.413. The number of hydrogen-bond donors (Lipinski definition) is 1. The van der Waals surface area contributed by atoms with Crippen molar-refractivity contribution < 1.29 is 26.4 Å². The van der Waals surface area contributed by atoms with Crippen molar-refractivity contribution in [2.45, 2.75) is 36.3 Å². The van der Waals surface area contributed by atoms with Gasteiger partial charge in [0.2, 0.25) is 20.0 Å². The molecule has 0 radical (unpaired) electrons. The number of nitrogens with one attached hydrogen (secondary N) is 1. The lowest BCUT2D eigenvalue weighted by molar-refractivity contribution is -0.145. The topological polar surface area (TPSA) is 141 Å². The van der Waals surface area contributed by atoms with Crippen molar-refractivity contribution in [3.8, 4) is 0 Å². The molecule has 2 heterocycles. The lowest BCUT2D eigenvalue weighted by atomic mass is 10.3. The molecule has 178 valence electrons. The molecule has 11 nitrogen and oxygen atoms in total. The van der Waals surface area contributed by atoms with Crippen molar-refractivity contribution in [1.82, 2.24) is 23.6 Å². The van der Waals surface area contributed by atoms with E-state index in [0.29, 0.717) is 23.4 Å². The molecule has 0 saturated carbocycles. The van der Waals surface area contributed by atoms with Crippen molar-refractivity contribution in [2.24, 2.45) is 0 Å². The fourth-order valence-corrected chi connectivity index (χ4v) is 5.00. The largest absolute Gasteiger partial charge is 0.457 e. The Bertz CT molecular complexity index is 1350. The zero-order chi connectivity index (χ0) is 24.2. The van der Waals surface area contributed by atoms with Gasteiger partial charge < -0.3 is 9.30 Å². The Morgan fingerprint density at radius 3 is 2.55 bits per heavy atom. The van der Waals surface area contributed by atoms with Gasteiger partial charge in [-0.1, -0.05) is 0 Å². The molecule has 0 aliphatic carbocycles. The number of carbonyl (C=O) groups excluding carboxylic acids is 1. The molecule has 2 aromatic heterocycles. The van der Waals surface area contributed by atoms with Crippen LogP contribution in [0.3, 0.4) is 0 Å². The standard InChI is InChI=1S/C20H25N5O6S2/c1-4-25-18-8-7-15(33(29,30)24(2)3)12-17(18)23-19(25)14-31-20(26)9-11-22-32(27,28)16-6-5-10-21-13-16/h5-8,10,12-13,22H,4,9,11,14H2,1-3H3. The zero-order valence-electron chi connectivity index (χ0n) is 18.4. The predicted molar refractivity (Wildman–Crippen MR) is 120 cm³/mol. The number of carbonyl (C=O) groups is 1. The summed E-state index contributed by atoms with van der Waals surface area (Å²) in [6.07, 6.45) is 2.50. The number of imidazole rings is 1. The number of rotatable bonds is 10. The lowest BCUT2D eigenvalue weighted by Crippen LogP contribution is -2.27. The van der Waals surface area contributed by atoms with E-state index in [1.807, 2.05) is 11.5 Å². The SMILES string of the molecule is CCn1c(COC(=O)CCNS(=O)(=O)c2cccnc2)nc2cc(S(=O)(=O)N(C)C)ccc21. The highest BCUT2D eigenvalue weighted by Crippen LogP contribution is 2.22. The van der Waals surface area contributed by atoms with Crippen LogP contribution < -0.4 is 4.72 Å². The van der Waals surface area contributed by atoms with Crippen LogP contribution in [-0.4, -0.2) is 62.3 Å². The third-order valence-corrected chi connectivity index (χ3v) is 8.08. The summed E-state index contributed by atoms with van der Waals surface area (Å²) in [5.74, 6) is -0.148. The molecule has 0 atom stereocenters. The summed E-state index contributed by atoms with van der Waals surface area (Å²) in [7, 11) is -4.47. The highest BCUT2D eigenvalue weighted by atomic mass is 32.2. The molecule has 0 unspecified atom stereocenters. The number of pyridine rings is 1. The summed E-state index contributed by atoms with van der Waals surface area (Å²) >= 11 is 0. The summed E-state index contributed by atoms with van der Waals surface area (Å²) in [6, 6.07) is 7.56. The van der Waals surface area contributed by atoms with E-state index in [1.165, 1.54) is 50.8 Å². The van der Waals surface area contributed by atoms with E-state index in [-0.39, 0.29) is 29.4 Å². The zero-order valence-corrected chi connectivity index (χ0v) is 20.1. The number of esters is 1. The van der Waals surface area contributed by atoms with Gasteiger partial charge >= 0.3 is 5.97 Å². The van der Waals surface area contributed by atoms with Crippen LogP contribution >= 0.6 is 0 Å². The highest BCUT2D eigenvalue weighted by Gasteiger charge is 2.20. The minimum Gasteiger partial charge on any atom is -0.457 e. The molecule has 0 saturated heterocycles. The van der Waals surface area contributed by atoms with E-state index < -0.39 is 26.0 Å². The summed E-state index contributed by atoms with van der Waals surface area (Å²) < 4.78 is 59.6. The van der Waals surface area contributed by atoms with Crippen LogP contribution in [0.2, 0.25) is 0 Å². The van der Waals surface area contributed by atoms with Crippen molar-refractivity contribution in [3.05, 3.63) is 48.5 Å². The second-order valence-electron chi connectivity index (χ2n) is 7.21. The fourth-order valence-electron chi connectivity index (χ4n) is 3.09. The number of fused-ring (bicyclic) bond motifs is 1. The molecule has 3 rings (SSSR count). The molecule has 0 aliphatic rings. The first-order chi connectivity index (χ1) is 15.6. The third kappa shape index (κ3) is 5.55. The van der Waals surface area contributed by atoms with Crippen LogP contribution in [0.5, 0.6) is 0 Å². The van der Waals surface area contributed by atoms with Gasteiger partial charge in [0.1, 0.15) is 17.3 Å². The first-order valence-electron chi connectivity index (χ1n) is 10.0. The molecule has 33 heavy (non-hydrogen) atoms. The van der Waals surface area contributed by atoms with Gasteiger partial charge in [0, 0.05) is 39.6 Å². The van der Waals surface area contributed by atoms with Gasteiger partial charge in [0.25, 0.3) is 0 Å². The summed E-state index contributed by atoms with van der Waals surface area (Å²) in [6.45, 7) is 2.16. The van der Waals surface area contributed by atoms with E-state index in [9.17, 15) is 21.6 Å². The molecule has 13 heteroatoms. The van der Waals surface area contributed by atoms with Crippen LogP contribution in [0.4, 0.5) is 0 Å². The maximum atomic E-state index is 12.4. The molecule has 0 spiro atoms. The predicted octanol–water partition coefficient (Wildman–Crippen LogP) is 1.11. The summed E-state index contributed by atoms with van der Waals surface area (Å²) in [5, 5.41) is 0. The van der Waals surface area contributed by atoms with Gasteiger partial charge in [-0.15, -0.1) is 0 Å². The Morgan fingerprint density at radius 1 is 1.15 bits per heavy atom. The Morgan fingerprint density at radius 2 is 1.91 bits per heavy atom. The Hall–Kier alpha value is -2.87. The molecular formula is C20H25N5O6S2.